The van der Waals surface area contributed by atoms with Gasteiger partial charge in [-0.05, 0) is 45.2 Å². The lowest BCUT2D eigenvalue weighted by Gasteiger charge is -2.10. The summed E-state index contributed by atoms with van der Waals surface area (Å²) in [6.45, 7) is 3.26. The van der Waals surface area contributed by atoms with Crippen LogP contribution in [-0.2, 0) is 16.2 Å². The summed E-state index contributed by atoms with van der Waals surface area (Å²) in [6, 6.07) is 12.6. The third kappa shape index (κ3) is 3.67. The van der Waals surface area contributed by atoms with E-state index < -0.39 is 21.9 Å². The topological polar surface area (TPSA) is 64.0 Å². The third-order valence-corrected chi connectivity index (χ3v) is 5.81. The molecule has 0 spiro atoms. The van der Waals surface area contributed by atoms with Gasteiger partial charge in [-0.3, -0.25) is 0 Å². The van der Waals surface area contributed by atoms with Gasteiger partial charge in [0.05, 0.1) is 16.3 Å². The predicted molar refractivity (Wildman–Crippen MR) is 99.7 cm³/mol. The third-order valence-electron chi connectivity index (χ3n) is 4.38. The Morgan fingerprint density at radius 1 is 0.964 bits per heavy atom. The Kier molecular flexibility index (Phi) is 5.07. The van der Waals surface area contributed by atoms with Gasteiger partial charge in [-0.15, -0.1) is 0 Å². The molecule has 9 heteroatoms. The largest absolute Gasteiger partial charge is 0.435 e. The summed E-state index contributed by atoms with van der Waals surface area (Å²) in [7, 11) is -2.37. The van der Waals surface area contributed by atoms with E-state index in [9.17, 15) is 21.6 Å². The van der Waals surface area contributed by atoms with Crippen LogP contribution in [0.5, 0.6) is 0 Å². The maximum absolute atomic E-state index is 13.4. The summed E-state index contributed by atoms with van der Waals surface area (Å²) in [5.41, 5.74) is 1.21. The van der Waals surface area contributed by atoms with Gasteiger partial charge in [-0.1, -0.05) is 29.8 Å². The number of alkyl halides is 3. The quantitative estimate of drug-likeness (QED) is 0.706. The van der Waals surface area contributed by atoms with E-state index in [0.29, 0.717) is 16.9 Å². The van der Waals surface area contributed by atoms with Crippen LogP contribution < -0.4 is 4.72 Å². The van der Waals surface area contributed by atoms with E-state index in [0.717, 1.165) is 5.56 Å². The smallest absolute Gasteiger partial charge is 0.232 e. The summed E-state index contributed by atoms with van der Waals surface area (Å²) >= 11 is 0. The fraction of sp³-hybridized carbons (Fsp3) is 0.211. The molecule has 0 atom stereocenters. The van der Waals surface area contributed by atoms with Gasteiger partial charge in [0.25, 0.3) is 0 Å². The Bertz CT molecular complexity index is 1100. The fourth-order valence-corrected chi connectivity index (χ4v) is 3.62. The molecule has 0 fully saturated rings. The van der Waals surface area contributed by atoms with Crippen LogP contribution in [0.3, 0.4) is 0 Å². The summed E-state index contributed by atoms with van der Waals surface area (Å²) in [6.07, 6.45) is -4.61. The highest BCUT2D eigenvalue weighted by molar-refractivity contribution is 7.89. The molecule has 0 saturated heterocycles. The van der Waals surface area contributed by atoms with Crippen LogP contribution in [0.1, 0.15) is 16.8 Å². The number of halogens is 3. The van der Waals surface area contributed by atoms with Crippen molar-refractivity contribution in [3.63, 3.8) is 0 Å². The van der Waals surface area contributed by atoms with Gasteiger partial charge >= 0.3 is 6.18 Å². The number of benzene rings is 2. The monoisotopic (exact) mass is 409 g/mol. The van der Waals surface area contributed by atoms with Gasteiger partial charge in [0, 0.05) is 11.1 Å². The summed E-state index contributed by atoms with van der Waals surface area (Å²) < 4.78 is 67.5. The van der Waals surface area contributed by atoms with Gasteiger partial charge in [0.2, 0.25) is 10.0 Å². The van der Waals surface area contributed by atoms with Crippen molar-refractivity contribution in [3.8, 4) is 16.9 Å². The minimum Gasteiger partial charge on any atom is -0.232 e. The van der Waals surface area contributed by atoms with Gasteiger partial charge in [-0.2, -0.15) is 18.3 Å². The van der Waals surface area contributed by atoms with Crippen molar-refractivity contribution in [1.82, 2.24) is 14.5 Å². The van der Waals surface area contributed by atoms with E-state index in [1.807, 2.05) is 19.1 Å². The van der Waals surface area contributed by atoms with E-state index in [2.05, 4.69) is 9.82 Å². The zero-order valence-corrected chi connectivity index (χ0v) is 16.2. The number of aryl methyl sites for hydroxylation is 1. The second-order valence-electron chi connectivity index (χ2n) is 6.30. The fourth-order valence-electron chi connectivity index (χ4n) is 2.89. The minimum absolute atomic E-state index is 0.00303. The van der Waals surface area contributed by atoms with Gasteiger partial charge < -0.3 is 0 Å². The van der Waals surface area contributed by atoms with Crippen molar-refractivity contribution in [2.45, 2.75) is 24.9 Å². The van der Waals surface area contributed by atoms with Crippen molar-refractivity contribution < 1.29 is 21.6 Å². The van der Waals surface area contributed by atoms with Gasteiger partial charge in [0.1, 0.15) is 0 Å². The molecule has 3 aromatic rings. The minimum atomic E-state index is -4.61. The van der Waals surface area contributed by atoms with Crippen LogP contribution in [0.25, 0.3) is 16.9 Å². The van der Waals surface area contributed by atoms with Gasteiger partial charge in [0.15, 0.2) is 5.69 Å². The van der Waals surface area contributed by atoms with Crippen molar-refractivity contribution in [2.75, 3.05) is 7.05 Å². The van der Waals surface area contributed by atoms with Crippen LogP contribution in [0, 0.1) is 13.8 Å². The predicted octanol–water partition coefficient (Wildman–Crippen LogP) is 4.08. The number of nitrogens with zero attached hydrogens (tertiary/aromatic N) is 2. The molecule has 0 aliphatic rings. The molecular formula is C19H18F3N3O2S. The number of hydrogen-bond acceptors (Lipinski definition) is 3. The molecule has 0 radical (unpaired) electrons. The van der Waals surface area contributed by atoms with Crippen molar-refractivity contribution >= 4 is 10.0 Å². The molecule has 0 unspecified atom stereocenters. The lowest BCUT2D eigenvalue weighted by Crippen LogP contribution is -2.18. The highest BCUT2D eigenvalue weighted by atomic mass is 32.2. The molecule has 1 heterocycles. The van der Waals surface area contributed by atoms with Gasteiger partial charge in [-0.25, -0.2) is 17.8 Å². The van der Waals surface area contributed by atoms with E-state index in [4.69, 9.17) is 0 Å². The van der Waals surface area contributed by atoms with Crippen LogP contribution >= 0.6 is 0 Å². The first-order valence-electron chi connectivity index (χ1n) is 8.32. The maximum atomic E-state index is 13.4. The first kappa shape index (κ1) is 20.1. The highest BCUT2D eigenvalue weighted by Gasteiger charge is 2.38. The second kappa shape index (κ2) is 7.06. The zero-order chi connectivity index (χ0) is 20.7. The molecular weight excluding hydrogens is 391 g/mol. The van der Waals surface area contributed by atoms with Crippen molar-refractivity contribution in [1.29, 1.82) is 0 Å². The number of nitrogens with one attached hydrogen (secondary N) is 1. The molecule has 0 saturated carbocycles. The Hall–Kier alpha value is -2.65. The van der Waals surface area contributed by atoms with Crippen LogP contribution in [0.4, 0.5) is 13.2 Å². The number of hydrogen-bond donors (Lipinski definition) is 1. The maximum Gasteiger partial charge on any atom is 0.435 e. The summed E-state index contributed by atoms with van der Waals surface area (Å²) in [5, 5.41) is 3.79. The van der Waals surface area contributed by atoms with Crippen molar-refractivity contribution in [2.24, 2.45) is 0 Å². The zero-order valence-electron chi connectivity index (χ0n) is 15.4. The van der Waals surface area contributed by atoms with Crippen LogP contribution in [-0.4, -0.2) is 25.2 Å². The highest BCUT2D eigenvalue weighted by Crippen LogP contribution is 2.37. The molecule has 2 aromatic carbocycles. The SMILES string of the molecule is CNS(=O)(=O)c1ccc(-n2nc(C(F)(F)F)c(C)c2-c2ccc(C)cc2)cc1. The molecule has 3 rings (SSSR count). The van der Waals surface area contributed by atoms with E-state index >= 15 is 0 Å². The van der Waals surface area contributed by atoms with E-state index in [1.54, 1.807) is 12.1 Å². The molecule has 0 aliphatic carbocycles. The Morgan fingerprint density at radius 3 is 2.04 bits per heavy atom. The number of sulfonamides is 1. The molecule has 0 amide bonds. The molecule has 0 bridgehead atoms. The van der Waals surface area contributed by atoms with E-state index in [1.165, 1.54) is 42.9 Å². The Balaban J connectivity index is 2.21. The van der Waals surface area contributed by atoms with Crippen LogP contribution in [0.15, 0.2) is 53.4 Å². The molecule has 148 valence electrons. The second-order valence-corrected chi connectivity index (χ2v) is 8.19. The molecule has 1 N–H and O–H groups in total. The first-order chi connectivity index (χ1) is 13.0. The molecule has 1 aromatic heterocycles. The average molecular weight is 409 g/mol. The molecule has 28 heavy (non-hydrogen) atoms. The van der Waals surface area contributed by atoms with E-state index in [-0.39, 0.29) is 10.5 Å². The Labute approximate surface area is 160 Å². The lowest BCUT2D eigenvalue weighted by atomic mass is 10.0. The lowest BCUT2D eigenvalue weighted by molar-refractivity contribution is -0.141. The molecule has 5 nitrogen and oxygen atoms in total. The molecule has 0 aliphatic heterocycles. The normalized spacial score (nSPS) is 12.4. The van der Waals surface area contributed by atoms with Crippen molar-refractivity contribution in [3.05, 3.63) is 65.4 Å². The average Bonchev–Trinajstić information content (AvgIpc) is 3.00. The number of rotatable bonds is 4. The standard InChI is InChI=1S/C19H18F3N3O2S/c1-12-4-6-14(7-5-12)17-13(2)18(19(20,21)22)24-25(17)15-8-10-16(11-9-15)28(26,27)23-3/h4-11,23H,1-3H3. The summed E-state index contributed by atoms with van der Waals surface area (Å²) in [5.74, 6) is 0. The summed E-state index contributed by atoms with van der Waals surface area (Å²) in [4.78, 5) is 0.00978. The Morgan fingerprint density at radius 2 is 1.54 bits per heavy atom. The first-order valence-corrected chi connectivity index (χ1v) is 9.81. The van der Waals surface area contributed by atoms with Crippen LogP contribution in [0.2, 0.25) is 0 Å². The number of aromatic nitrogens is 2.